The number of nitrogens with two attached hydrogens (primary N) is 1. The fourth-order valence-electron chi connectivity index (χ4n) is 4.55. The van der Waals surface area contributed by atoms with Crippen LogP contribution in [0.4, 0.5) is 16.2 Å². The standard InChI is InChI=1S/C28H34N6O5S/c29-22-17-40-18-24(22)32-27(35)23-4-2-21(15-31-23)16-34(9-1-8-33-10-12-37-13-11-33)28(36)30-7-6-20-3-5-25-26(14-20)39-19-38-25/h2-5,14-15,17-18H,1,6-13,16,19,29H2,(H,30,36)(H,32,35). The summed E-state index contributed by atoms with van der Waals surface area (Å²) in [4.78, 5) is 34.3. The maximum Gasteiger partial charge on any atom is 0.317 e. The number of carbonyl (C=O) groups is 2. The summed E-state index contributed by atoms with van der Waals surface area (Å²) in [7, 11) is 0. The summed E-state index contributed by atoms with van der Waals surface area (Å²) in [5.74, 6) is 1.14. The van der Waals surface area contributed by atoms with Gasteiger partial charge in [0, 0.05) is 56.2 Å². The highest BCUT2D eigenvalue weighted by atomic mass is 32.1. The normalized spacial score (nSPS) is 14.6. The van der Waals surface area contributed by atoms with Crippen LogP contribution < -0.4 is 25.8 Å². The lowest BCUT2D eigenvalue weighted by atomic mass is 10.1. The molecule has 212 valence electrons. The second kappa shape index (κ2) is 13.5. The number of ether oxygens (including phenoxy) is 3. The molecule has 0 saturated carbocycles. The summed E-state index contributed by atoms with van der Waals surface area (Å²) in [6.07, 6.45) is 3.15. The van der Waals surface area contributed by atoms with Gasteiger partial charge in [0.15, 0.2) is 11.5 Å². The van der Waals surface area contributed by atoms with Crippen LogP contribution in [0.3, 0.4) is 0 Å². The zero-order valence-corrected chi connectivity index (χ0v) is 23.1. The number of rotatable bonds is 11. The smallest absolute Gasteiger partial charge is 0.317 e. The summed E-state index contributed by atoms with van der Waals surface area (Å²) >= 11 is 1.42. The molecule has 12 heteroatoms. The summed E-state index contributed by atoms with van der Waals surface area (Å²) in [6, 6.07) is 9.17. The van der Waals surface area contributed by atoms with Crippen LogP contribution in [0.15, 0.2) is 47.3 Å². The van der Waals surface area contributed by atoms with Gasteiger partial charge in [-0.2, -0.15) is 0 Å². The molecule has 0 atom stereocenters. The van der Waals surface area contributed by atoms with Gasteiger partial charge < -0.3 is 35.5 Å². The number of fused-ring (bicyclic) bond motifs is 1. The third-order valence-corrected chi connectivity index (χ3v) is 7.55. The Labute approximate surface area is 237 Å². The third-order valence-electron chi connectivity index (χ3n) is 6.79. The van der Waals surface area contributed by atoms with Crippen LogP contribution in [-0.4, -0.2) is 79.5 Å². The number of hydrogen-bond acceptors (Lipinski definition) is 9. The topological polar surface area (TPSA) is 131 Å². The lowest BCUT2D eigenvalue weighted by Crippen LogP contribution is -2.42. The number of thiophene rings is 1. The van der Waals surface area contributed by atoms with Gasteiger partial charge in [-0.15, -0.1) is 11.3 Å². The Hall–Kier alpha value is -3.87. The molecule has 0 radical (unpaired) electrons. The van der Waals surface area contributed by atoms with Gasteiger partial charge in [0.25, 0.3) is 5.91 Å². The number of amides is 3. The molecule has 3 amide bonds. The van der Waals surface area contributed by atoms with Crippen LogP contribution in [0.25, 0.3) is 0 Å². The van der Waals surface area contributed by atoms with Gasteiger partial charge in [-0.05, 0) is 42.2 Å². The van der Waals surface area contributed by atoms with E-state index in [9.17, 15) is 9.59 Å². The molecule has 40 heavy (non-hydrogen) atoms. The first kappa shape index (κ1) is 27.7. The Bertz CT molecular complexity index is 1290. The molecule has 5 rings (SSSR count). The number of carbonyl (C=O) groups excluding carboxylic acids is 2. The van der Waals surface area contributed by atoms with Gasteiger partial charge in [-0.25, -0.2) is 4.79 Å². The maximum absolute atomic E-state index is 13.2. The van der Waals surface area contributed by atoms with Gasteiger partial charge in [0.2, 0.25) is 6.79 Å². The monoisotopic (exact) mass is 566 g/mol. The largest absolute Gasteiger partial charge is 0.454 e. The predicted molar refractivity (Wildman–Crippen MR) is 153 cm³/mol. The molecule has 3 aromatic rings. The van der Waals surface area contributed by atoms with Gasteiger partial charge >= 0.3 is 6.03 Å². The van der Waals surface area contributed by atoms with E-state index in [4.69, 9.17) is 19.9 Å². The van der Waals surface area contributed by atoms with Crippen molar-refractivity contribution in [2.45, 2.75) is 19.4 Å². The third kappa shape index (κ3) is 7.40. The van der Waals surface area contributed by atoms with Gasteiger partial charge in [0.05, 0.1) is 24.6 Å². The molecule has 2 aliphatic heterocycles. The molecule has 0 bridgehead atoms. The molecule has 2 aromatic heterocycles. The molecule has 1 aromatic carbocycles. The molecule has 1 saturated heterocycles. The summed E-state index contributed by atoms with van der Waals surface area (Å²) in [6.45, 7) is 5.90. The molecule has 0 spiro atoms. The Morgan fingerprint density at radius 1 is 1.07 bits per heavy atom. The van der Waals surface area contributed by atoms with Crippen LogP contribution in [-0.2, 0) is 17.7 Å². The number of nitrogens with zero attached hydrogens (tertiary/aromatic N) is 3. The molecule has 0 aliphatic carbocycles. The van der Waals surface area contributed by atoms with E-state index in [0.29, 0.717) is 37.4 Å². The van der Waals surface area contributed by atoms with Crippen molar-refractivity contribution in [2.75, 3.05) is 63.8 Å². The molecule has 2 aliphatic rings. The van der Waals surface area contributed by atoms with Crippen molar-refractivity contribution in [3.8, 4) is 11.5 Å². The van der Waals surface area contributed by atoms with Gasteiger partial charge in [-0.3, -0.25) is 14.7 Å². The predicted octanol–water partition coefficient (Wildman–Crippen LogP) is 3.18. The number of hydrogen-bond donors (Lipinski definition) is 3. The number of aromatic nitrogens is 1. The maximum atomic E-state index is 13.2. The Kier molecular flexibility index (Phi) is 9.32. The fourth-order valence-corrected chi connectivity index (χ4v) is 5.22. The van der Waals surface area contributed by atoms with E-state index in [0.717, 1.165) is 61.9 Å². The summed E-state index contributed by atoms with van der Waals surface area (Å²) < 4.78 is 16.3. The van der Waals surface area contributed by atoms with Crippen molar-refractivity contribution < 1.29 is 23.8 Å². The fraction of sp³-hybridized carbons (Fsp3) is 0.393. The first-order chi connectivity index (χ1) is 19.5. The van der Waals surface area contributed by atoms with Crippen molar-refractivity contribution in [1.82, 2.24) is 20.1 Å². The molecular weight excluding hydrogens is 532 g/mol. The van der Waals surface area contributed by atoms with Crippen molar-refractivity contribution in [1.29, 1.82) is 0 Å². The van der Waals surface area contributed by atoms with Crippen molar-refractivity contribution in [3.63, 3.8) is 0 Å². The second-order valence-electron chi connectivity index (χ2n) is 9.65. The van der Waals surface area contributed by atoms with Gasteiger partial charge in [-0.1, -0.05) is 12.1 Å². The van der Waals surface area contributed by atoms with Crippen LogP contribution in [0.5, 0.6) is 11.5 Å². The number of benzene rings is 1. The lowest BCUT2D eigenvalue weighted by Gasteiger charge is -2.28. The average Bonchev–Trinajstić information content (AvgIpc) is 3.61. The number of nitrogen functional groups attached to an aromatic ring is 1. The van der Waals surface area contributed by atoms with Crippen LogP contribution in [0.1, 0.15) is 28.0 Å². The molecule has 0 unspecified atom stereocenters. The Morgan fingerprint density at radius 2 is 1.90 bits per heavy atom. The van der Waals surface area contributed by atoms with E-state index < -0.39 is 0 Å². The summed E-state index contributed by atoms with van der Waals surface area (Å²) in [5, 5.41) is 9.37. The SMILES string of the molecule is Nc1cscc1NC(=O)c1ccc(CN(CCCN2CCOCC2)C(=O)NCCc2ccc3c(c2)OCO3)cn1. The highest BCUT2D eigenvalue weighted by molar-refractivity contribution is 7.09. The zero-order valence-electron chi connectivity index (χ0n) is 22.3. The molecule has 1 fully saturated rings. The van der Waals surface area contributed by atoms with E-state index in [2.05, 4.69) is 20.5 Å². The van der Waals surface area contributed by atoms with Crippen molar-refractivity contribution in [2.24, 2.45) is 0 Å². The Morgan fingerprint density at radius 3 is 2.67 bits per heavy atom. The van der Waals surface area contributed by atoms with E-state index in [-0.39, 0.29) is 24.4 Å². The van der Waals surface area contributed by atoms with E-state index >= 15 is 0 Å². The highest BCUT2D eigenvalue weighted by Gasteiger charge is 2.18. The van der Waals surface area contributed by atoms with E-state index in [1.807, 2.05) is 24.3 Å². The molecule has 11 nitrogen and oxygen atoms in total. The number of urea groups is 1. The average molecular weight is 567 g/mol. The first-order valence-corrected chi connectivity index (χ1v) is 14.3. The number of pyridine rings is 1. The second-order valence-corrected chi connectivity index (χ2v) is 10.4. The van der Waals surface area contributed by atoms with Crippen LogP contribution in [0, 0.1) is 0 Å². The van der Waals surface area contributed by atoms with E-state index in [1.165, 1.54) is 11.3 Å². The first-order valence-electron chi connectivity index (χ1n) is 13.3. The zero-order chi connectivity index (χ0) is 27.7. The quantitative estimate of drug-likeness (QED) is 0.323. The number of morpholine rings is 1. The van der Waals surface area contributed by atoms with E-state index in [1.54, 1.807) is 27.9 Å². The van der Waals surface area contributed by atoms with Crippen molar-refractivity contribution >= 4 is 34.6 Å². The highest BCUT2D eigenvalue weighted by Crippen LogP contribution is 2.32. The van der Waals surface area contributed by atoms with Crippen LogP contribution in [0.2, 0.25) is 0 Å². The minimum atomic E-state index is -0.333. The molecule has 4 heterocycles. The lowest BCUT2D eigenvalue weighted by molar-refractivity contribution is 0.0364. The molecule has 4 N–H and O–H groups in total. The number of anilines is 2. The number of nitrogens with one attached hydrogen (secondary N) is 2. The Balaban J connectivity index is 1.17. The minimum absolute atomic E-state index is 0.141. The summed E-state index contributed by atoms with van der Waals surface area (Å²) in [5.41, 5.74) is 9.13. The van der Waals surface area contributed by atoms with Crippen LogP contribution >= 0.6 is 11.3 Å². The van der Waals surface area contributed by atoms with Crippen molar-refractivity contribution in [3.05, 3.63) is 64.1 Å². The van der Waals surface area contributed by atoms with Gasteiger partial charge in [0.1, 0.15) is 5.69 Å². The minimum Gasteiger partial charge on any atom is -0.454 e. The molecular formula is C28H34N6O5S.